The normalized spacial score (nSPS) is 12.7. The molecule has 0 bridgehead atoms. The lowest BCUT2D eigenvalue weighted by Crippen LogP contribution is -2.31. The van der Waals surface area contributed by atoms with E-state index in [1.54, 1.807) is 36.5 Å². The maximum absolute atomic E-state index is 13.5. The standard InChI is InChI=1S/C30H38N2O7/c1-18(2)17-39-28-15-20(13-26(36)30(28)37)6-8-24(34)22(12-21-10-11-32-29(31)16-21)23(33)7-4-19-5-9-25(35)27(14-19)38-3/h5,9-11,13-16,18,22-23,33,35-37H,4,6-8,12,17H2,1-3H3,(H2,31,32)/t22-,23-/m1/s1. The van der Waals surface area contributed by atoms with Crippen LogP contribution >= 0.6 is 0 Å². The van der Waals surface area contributed by atoms with Gasteiger partial charge in [0, 0.05) is 18.5 Å². The zero-order valence-corrected chi connectivity index (χ0v) is 22.6. The first-order valence-electron chi connectivity index (χ1n) is 13.0. The van der Waals surface area contributed by atoms with Crippen molar-refractivity contribution in [2.24, 2.45) is 11.8 Å². The molecule has 9 heteroatoms. The smallest absolute Gasteiger partial charge is 0.200 e. The number of ether oxygens (including phenoxy) is 2. The van der Waals surface area contributed by atoms with Crippen LogP contribution in [-0.2, 0) is 24.1 Å². The molecule has 1 heterocycles. The van der Waals surface area contributed by atoms with Crippen LogP contribution in [0.25, 0.3) is 0 Å². The van der Waals surface area contributed by atoms with Crippen molar-refractivity contribution < 1.29 is 34.7 Å². The van der Waals surface area contributed by atoms with E-state index >= 15 is 0 Å². The van der Waals surface area contributed by atoms with Gasteiger partial charge in [-0.05, 0) is 84.7 Å². The highest BCUT2D eigenvalue weighted by Gasteiger charge is 2.27. The fourth-order valence-corrected chi connectivity index (χ4v) is 4.35. The van der Waals surface area contributed by atoms with Gasteiger partial charge >= 0.3 is 0 Å². The lowest BCUT2D eigenvalue weighted by molar-refractivity contribution is -0.126. The highest BCUT2D eigenvalue weighted by atomic mass is 16.5. The Hall–Kier alpha value is -3.98. The Bertz CT molecular complexity index is 1260. The summed E-state index contributed by atoms with van der Waals surface area (Å²) in [6.07, 6.45) is 2.12. The molecule has 3 aromatic rings. The molecule has 0 amide bonds. The summed E-state index contributed by atoms with van der Waals surface area (Å²) in [5.74, 6) is -0.390. The van der Waals surface area contributed by atoms with Gasteiger partial charge in [0.05, 0.1) is 19.8 Å². The quantitative estimate of drug-likeness (QED) is 0.190. The van der Waals surface area contributed by atoms with Crippen LogP contribution in [0.2, 0.25) is 0 Å². The number of aromatic nitrogens is 1. The maximum Gasteiger partial charge on any atom is 0.200 e. The number of nitrogen functional groups attached to an aromatic ring is 1. The number of carbonyl (C=O) groups is 1. The minimum Gasteiger partial charge on any atom is -0.504 e. The minimum atomic E-state index is -0.940. The topological polar surface area (TPSA) is 155 Å². The molecule has 6 N–H and O–H groups in total. The van der Waals surface area contributed by atoms with E-state index in [4.69, 9.17) is 15.2 Å². The second-order valence-corrected chi connectivity index (χ2v) is 10.1. The lowest BCUT2D eigenvalue weighted by Gasteiger charge is -2.23. The molecule has 0 aliphatic heterocycles. The van der Waals surface area contributed by atoms with Gasteiger partial charge < -0.3 is 35.6 Å². The summed E-state index contributed by atoms with van der Waals surface area (Å²) in [4.78, 5) is 17.5. The molecule has 0 fully saturated rings. The van der Waals surface area contributed by atoms with E-state index in [1.165, 1.54) is 19.2 Å². The number of carbonyl (C=O) groups excluding carboxylic acids is 1. The second-order valence-electron chi connectivity index (χ2n) is 10.1. The van der Waals surface area contributed by atoms with Gasteiger partial charge in [-0.2, -0.15) is 0 Å². The zero-order chi connectivity index (χ0) is 28.5. The predicted molar refractivity (Wildman–Crippen MR) is 148 cm³/mol. The van der Waals surface area contributed by atoms with E-state index in [2.05, 4.69) is 4.98 Å². The summed E-state index contributed by atoms with van der Waals surface area (Å²) in [5, 5.41) is 41.3. The Kier molecular flexibility index (Phi) is 10.4. The molecule has 0 radical (unpaired) electrons. The van der Waals surface area contributed by atoms with Crippen LogP contribution in [0.4, 0.5) is 5.82 Å². The van der Waals surface area contributed by atoms with Crippen LogP contribution in [-0.4, -0.2) is 51.0 Å². The zero-order valence-electron chi connectivity index (χ0n) is 22.6. The van der Waals surface area contributed by atoms with Gasteiger partial charge in [-0.1, -0.05) is 19.9 Å². The number of rotatable bonds is 14. The lowest BCUT2D eigenvalue weighted by atomic mass is 9.85. The highest BCUT2D eigenvalue weighted by molar-refractivity contribution is 5.82. The molecule has 1 aromatic heterocycles. The monoisotopic (exact) mass is 538 g/mol. The fourth-order valence-electron chi connectivity index (χ4n) is 4.35. The van der Waals surface area contributed by atoms with Gasteiger partial charge in [0.15, 0.2) is 23.0 Å². The fraction of sp³-hybridized carbons (Fsp3) is 0.400. The first-order chi connectivity index (χ1) is 18.6. The number of phenols is 3. The Morgan fingerprint density at radius 3 is 2.38 bits per heavy atom. The van der Waals surface area contributed by atoms with Crippen LogP contribution in [0, 0.1) is 11.8 Å². The largest absolute Gasteiger partial charge is 0.504 e. The van der Waals surface area contributed by atoms with Gasteiger partial charge in [-0.3, -0.25) is 4.79 Å². The summed E-state index contributed by atoms with van der Waals surface area (Å²) < 4.78 is 10.8. The van der Waals surface area contributed by atoms with Crippen LogP contribution < -0.4 is 15.2 Å². The molecular weight excluding hydrogens is 500 g/mol. The van der Waals surface area contributed by atoms with Crippen molar-refractivity contribution in [3.8, 4) is 28.7 Å². The SMILES string of the molecule is COc1cc(CC[C@@H](O)[C@@H](Cc2ccnc(N)c2)C(=O)CCc2cc(O)c(O)c(OCC(C)C)c2)ccc1O. The predicted octanol–water partition coefficient (Wildman–Crippen LogP) is 4.18. The van der Waals surface area contributed by atoms with Crippen molar-refractivity contribution in [3.63, 3.8) is 0 Å². The van der Waals surface area contributed by atoms with Crippen molar-refractivity contribution in [1.82, 2.24) is 4.98 Å². The van der Waals surface area contributed by atoms with E-state index in [0.29, 0.717) is 43.0 Å². The van der Waals surface area contributed by atoms with Gasteiger partial charge in [0.2, 0.25) is 5.75 Å². The van der Waals surface area contributed by atoms with Crippen molar-refractivity contribution in [3.05, 3.63) is 65.4 Å². The van der Waals surface area contributed by atoms with Gasteiger partial charge in [-0.25, -0.2) is 4.98 Å². The number of nitrogens with two attached hydrogens (primary N) is 1. The molecule has 3 rings (SSSR count). The summed E-state index contributed by atoms with van der Waals surface area (Å²) >= 11 is 0. The number of aromatic hydroxyl groups is 3. The number of phenolic OH excluding ortho intramolecular Hbond substituents is 3. The number of Topliss-reactive ketones (excluding diaryl/α,β-unsaturated/α-hetero) is 1. The summed E-state index contributed by atoms with van der Waals surface area (Å²) in [6.45, 7) is 4.31. The number of aliphatic hydroxyl groups is 1. The van der Waals surface area contributed by atoms with Gasteiger partial charge in [-0.15, -0.1) is 0 Å². The van der Waals surface area contributed by atoms with Gasteiger partial charge in [0.25, 0.3) is 0 Å². The van der Waals surface area contributed by atoms with Crippen LogP contribution in [0.3, 0.4) is 0 Å². The number of anilines is 1. The van der Waals surface area contributed by atoms with E-state index < -0.39 is 12.0 Å². The molecule has 9 nitrogen and oxygen atoms in total. The Morgan fingerprint density at radius 1 is 0.949 bits per heavy atom. The van der Waals surface area contributed by atoms with E-state index in [1.807, 2.05) is 13.8 Å². The van der Waals surface area contributed by atoms with Crippen LogP contribution in [0.15, 0.2) is 48.7 Å². The molecule has 0 aliphatic rings. The summed E-state index contributed by atoms with van der Waals surface area (Å²) in [5.41, 5.74) is 8.11. The van der Waals surface area contributed by atoms with Crippen LogP contribution in [0.1, 0.15) is 43.4 Å². The van der Waals surface area contributed by atoms with E-state index in [-0.39, 0.29) is 47.5 Å². The minimum absolute atomic E-state index is 0.0307. The number of aliphatic hydroxyl groups excluding tert-OH is 1. The third-order valence-electron chi connectivity index (χ3n) is 6.50. The molecule has 39 heavy (non-hydrogen) atoms. The molecule has 0 saturated heterocycles. The Labute approximate surface area is 228 Å². The number of hydrogen-bond donors (Lipinski definition) is 5. The average molecular weight is 539 g/mol. The highest BCUT2D eigenvalue weighted by Crippen LogP contribution is 2.37. The molecule has 0 aliphatic carbocycles. The molecular formula is C30H38N2O7. The third-order valence-corrected chi connectivity index (χ3v) is 6.50. The molecule has 210 valence electrons. The Morgan fingerprint density at radius 2 is 1.69 bits per heavy atom. The van der Waals surface area contributed by atoms with Gasteiger partial charge in [0.1, 0.15) is 11.6 Å². The Balaban J connectivity index is 1.74. The maximum atomic E-state index is 13.5. The third kappa shape index (κ3) is 8.51. The molecule has 0 spiro atoms. The van der Waals surface area contributed by atoms with E-state index in [0.717, 1.165) is 11.1 Å². The van der Waals surface area contributed by atoms with Crippen molar-refractivity contribution in [1.29, 1.82) is 0 Å². The van der Waals surface area contributed by atoms with Crippen molar-refractivity contribution in [2.45, 2.75) is 52.1 Å². The number of aryl methyl sites for hydroxylation is 2. The molecule has 0 saturated carbocycles. The van der Waals surface area contributed by atoms with Crippen LogP contribution in [0.5, 0.6) is 28.7 Å². The number of nitrogens with zero attached hydrogens (tertiary/aromatic N) is 1. The number of hydrogen-bond acceptors (Lipinski definition) is 9. The second kappa shape index (κ2) is 13.7. The number of ketones is 1. The molecule has 0 unspecified atom stereocenters. The summed E-state index contributed by atoms with van der Waals surface area (Å²) in [6, 6.07) is 11.5. The first kappa shape index (κ1) is 29.6. The first-order valence-corrected chi connectivity index (χ1v) is 13.0. The van der Waals surface area contributed by atoms with Crippen molar-refractivity contribution >= 4 is 11.6 Å². The number of methoxy groups -OCH3 is 1. The summed E-state index contributed by atoms with van der Waals surface area (Å²) in [7, 11) is 1.47. The van der Waals surface area contributed by atoms with Crippen molar-refractivity contribution in [2.75, 3.05) is 19.5 Å². The van der Waals surface area contributed by atoms with E-state index in [9.17, 15) is 25.2 Å². The molecule has 2 aromatic carbocycles. The number of benzene rings is 2. The average Bonchev–Trinajstić information content (AvgIpc) is 2.90. The number of pyridine rings is 1. The molecule has 2 atom stereocenters.